The third kappa shape index (κ3) is 4.94. The molecule has 9 heteroatoms. The minimum absolute atomic E-state index is 0.0579. The molecule has 2 N–H and O–H groups in total. The molecule has 0 aromatic carbocycles. The molecule has 9 nitrogen and oxygen atoms in total. The number of aromatic amines is 1. The second-order valence-electron chi connectivity index (χ2n) is 7.15. The number of hydrogen-bond donors (Lipinski definition) is 2. The fraction of sp³-hybridized carbons (Fsp3) is 0.556. The van der Waals surface area contributed by atoms with E-state index < -0.39 is 6.04 Å². The van der Waals surface area contributed by atoms with E-state index in [1.807, 2.05) is 32.0 Å². The van der Waals surface area contributed by atoms with Crippen molar-refractivity contribution >= 4 is 11.7 Å². The van der Waals surface area contributed by atoms with E-state index in [4.69, 9.17) is 0 Å². The van der Waals surface area contributed by atoms with Crippen LogP contribution in [0.2, 0.25) is 0 Å². The molecule has 1 fully saturated rings. The second kappa shape index (κ2) is 8.81. The Morgan fingerprint density at radius 3 is 2.89 bits per heavy atom. The van der Waals surface area contributed by atoms with Gasteiger partial charge in [-0.15, -0.1) is 10.2 Å². The summed E-state index contributed by atoms with van der Waals surface area (Å²) in [5.41, 5.74) is 0.727. The first kappa shape index (κ1) is 19.1. The highest BCUT2D eigenvalue weighted by Gasteiger charge is 2.31. The molecule has 0 radical (unpaired) electrons. The van der Waals surface area contributed by atoms with Gasteiger partial charge in [0.1, 0.15) is 0 Å². The van der Waals surface area contributed by atoms with Crippen LogP contribution >= 0.6 is 0 Å². The summed E-state index contributed by atoms with van der Waals surface area (Å²) in [7, 11) is 0. The van der Waals surface area contributed by atoms with Gasteiger partial charge in [0.2, 0.25) is 5.91 Å². The van der Waals surface area contributed by atoms with Gasteiger partial charge < -0.3 is 5.32 Å². The Balaban J connectivity index is 1.63. The van der Waals surface area contributed by atoms with Crippen molar-refractivity contribution in [2.75, 3.05) is 13.1 Å². The van der Waals surface area contributed by atoms with E-state index in [-0.39, 0.29) is 23.5 Å². The molecule has 1 aliphatic rings. The van der Waals surface area contributed by atoms with Gasteiger partial charge in [0.25, 0.3) is 0 Å². The number of likely N-dealkylation sites (tertiary alicyclic amines) is 1. The normalized spacial score (nSPS) is 19.7. The van der Waals surface area contributed by atoms with Gasteiger partial charge in [-0.3, -0.25) is 19.5 Å². The summed E-state index contributed by atoms with van der Waals surface area (Å²) in [6.45, 7) is 5.81. The number of amides is 1. The van der Waals surface area contributed by atoms with Gasteiger partial charge in [-0.05, 0) is 24.5 Å². The molecule has 27 heavy (non-hydrogen) atoms. The summed E-state index contributed by atoms with van der Waals surface area (Å²) in [6.07, 6.45) is 2.64. The summed E-state index contributed by atoms with van der Waals surface area (Å²) in [6, 6.07) is 5.08. The first-order valence-corrected chi connectivity index (χ1v) is 9.23. The molecular formula is C18H25N7O2. The highest BCUT2D eigenvalue weighted by molar-refractivity contribution is 5.91. The van der Waals surface area contributed by atoms with Crippen molar-refractivity contribution < 1.29 is 9.59 Å². The number of nitrogens with zero attached hydrogens (tertiary/aromatic N) is 5. The van der Waals surface area contributed by atoms with Crippen LogP contribution in [0.1, 0.15) is 44.1 Å². The fourth-order valence-electron chi connectivity index (χ4n) is 3.39. The van der Waals surface area contributed by atoms with Crippen molar-refractivity contribution in [2.24, 2.45) is 5.92 Å². The lowest BCUT2D eigenvalue weighted by atomic mass is 9.90. The molecule has 3 rings (SSSR count). The van der Waals surface area contributed by atoms with E-state index in [1.54, 1.807) is 6.20 Å². The van der Waals surface area contributed by atoms with Gasteiger partial charge in [-0.2, -0.15) is 5.21 Å². The minimum Gasteiger partial charge on any atom is -0.346 e. The number of Topliss-reactive ketones (excluding diaryl/α,β-unsaturated/α-hetero) is 1. The molecule has 3 heterocycles. The summed E-state index contributed by atoms with van der Waals surface area (Å²) < 4.78 is 0. The number of pyridine rings is 1. The summed E-state index contributed by atoms with van der Waals surface area (Å²) in [5.74, 6) is 0.212. The first-order valence-electron chi connectivity index (χ1n) is 9.23. The van der Waals surface area contributed by atoms with Crippen LogP contribution in [0.4, 0.5) is 0 Å². The van der Waals surface area contributed by atoms with Crippen LogP contribution in [0.15, 0.2) is 24.4 Å². The van der Waals surface area contributed by atoms with E-state index in [0.29, 0.717) is 38.3 Å². The number of nitrogens with one attached hydrogen (secondary N) is 2. The minimum atomic E-state index is -0.474. The molecule has 1 aliphatic heterocycles. The topological polar surface area (TPSA) is 117 Å². The van der Waals surface area contributed by atoms with E-state index in [0.717, 1.165) is 5.69 Å². The molecule has 2 aromatic heterocycles. The zero-order chi connectivity index (χ0) is 19.2. The van der Waals surface area contributed by atoms with Crippen LogP contribution in [-0.2, 0) is 16.1 Å². The van der Waals surface area contributed by atoms with Crippen molar-refractivity contribution in [3.8, 4) is 0 Å². The summed E-state index contributed by atoms with van der Waals surface area (Å²) in [5, 5.41) is 16.9. The Labute approximate surface area is 157 Å². The maximum absolute atomic E-state index is 12.9. The first-order chi connectivity index (χ1) is 13.0. The third-order valence-corrected chi connectivity index (χ3v) is 4.82. The second-order valence-corrected chi connectivity index (χ2v) is 7.15. The maximum atomic E-state index is 12.9. The number of tetrazole rings is 1. The summed E-state index contributed by atoms with van der Waals surface area (Å²) >= 11 is 0. The van der Waals surface area contributed by atoms with Crippen molar-refractivity contribution in [1.29, 1.82) is 0 Å². The summed E-state index contributed by atoms with van der Waals surface area (Å²) in [4.78, 5) is 31.9. The van der Waals surface area contributed by atoms with Gasteiger partial charge in [-0.1, -0.05) is 25.1 Å². The zero-order valence-corrected chi connectivity index (χ0v) is 15.6. The Morgan fingerprint density at radius 2 is 2.22 bits per heavy atom. The fourth-order valence-corrected chi connectivity index (χ4v) is 3.39. The lowest BCUT2D eigenvalue weighted by Gasteiger charge is -2.23. The standard InChI is InChI=1S/C18H25N7O2/c1-12(2)17(14-5-3-4-8-19-14)18(27)20-13-6-9-25(10-7-15(13)26)11-16-21-23-24-22-16/h3-5,8,12-13,17H,6-7,9-11H2,1-2H3,(H,20,27)(H,21,22,23,24)/t13-,17-/m0/s1. The quantitative estimate of drug-likeness (QED) is 0.767. The van der Waals surface area contributed by atoms with Crippen molar-refractivity contribution in [3.63, 3.8) is 0 Å². The molecule has 0 saturated carbocycles. The predicted octanol–water partition coefficient (Wildman–Crippen LogP) is 0.684. The largest absolute Gasteiger partial charge is 0.346 e. The van der Waals surface area contributed by atoms with Crippen LogP contribution in [0.25, 0.3) is 0 Å². The SMILES string of the molecule is CC(C)[C@H](C(=O)N[C@H]1CCN(Cc2nn[nH]n2)CCC1=O)c1ccccn1. The Hall–Kier alpha value is -2.68. The van der Waals surface area contributed by atoms with Crippen LogP contribution in [0.5, 0.6) is 0 Å². The molecule has 1 saturated heterocycles. The number of ketones is 1. The molecule has 2 aromatic rings. The van der Waals surface area contributed by atoms with E-state index >= 15 is 0 Å². The Kier molecular flexibility index (Phi) is 6.23. The van der Waals surface area contributed by atoms with E-state index in [9.17, 15) is 9.59 Å². The van der Waals surface area contributed by atoms with E-state index in [2.05, 4.69) is 35.8 Å². The van der Waals surface area contributed by atoms with Crippen molar-refractivity contribution in [3.05, 3.63) is 35.9 Å². The van der Waals surface area contributed by atoms with Crippen LogP contribution in [0, 0.1) is 5.92 Å². The van der Waals surface area contributed by atoms with Crippen LogP contribution in [-0.4, -0.2) is 61.3 Å². The van der Waals surface area contributed by atoms with Gasteiger partial charge in [0.15, 0.2) is 11.6 Å². The van der Waals surface area contributed by atoms with Crippen LogP contribution in [0.3, 0.4) is 0 Å². The number of carbonyl (C=O) groups excluding carboxylic acids is 2. The molecule has 144 valence electrons. The third-order valence-electron chi connectivity index (χ3n) is 4.82. The van der Waals surface area contributed by atoms with Crippen molar-refractivity contribution in [2.45, 2.75) is 45.2 Å². The van der Waals surface area contributed by atoms with Gasteiger partial charge in [0.05, 0.1) is 24.2 Å². The average Bonchev–Trinajstić information content (AvgIpc) is 3.10. The highest BCUT2D eigenvalue weighted by Crippen LogP contribution is 2.23. The maximum Gasteiger partial charge on any atom is 0.229 e. The smallest absolute Gasteiger partial charge is 0.229 e. The van der Waals surface area contributed by atoms with Gasteiger partial charge in [0, 0.05) is 25.7 Å². The molecule has 2 atom stereocenters. The lowest BCUT2D eigenvalue weighted by molar-refractivity contribution is -0.129. The monoisotopic (exact) mass is 371 g/mol. The Bertz CT molecular complexity index is 748. The Morgan fingerprint density at radius 1 is 1.37 bits per heavy atom. The number of aromatic nitrogens is 5. The molecule has 1 amide bonds. The predicted molar refractivity (Wildman–Crippen MR) is 97.4 cm³/mol. The highest BCUT2D eigenvalue weighted by atomic mass is 16.2. The van der Waals surface area contributed by atoms with Gasteiger partial charge >= 0.3 is 0 Å². The van der Waals surface area contributed by atoms with E-state index in [1.165, 1.54) is 0 Å². The number of hydrogen-bond acceptors (Lipinski definition) is 7. The molecule has 0 aliphatic carbocycles. The molecular weight excluding hydrogens is 346 g/mol. The number of H-pyrrole nitrogens is 1. The number of carbonyl (C=O) groups is 2. The zero-order valence-electron chi connectivity index (χ0n) is 15.6. The molecule has 0 unspecified atom stereocenters. The van der Waals surface area contributed by atoms with Crippen LogP contribution < -0.4 is 5.32 Å². The lowest BCUT2D eigenvalue weighted by Crippen LogP contribution is -2.44. The average molecular weight is 371 g/mol. The van der Waals surface area contributed by atoms with Crippen molar-refractivity contribution in [1.82, 2.24) is 35.8 Å². The molecule has 0 spiro atoms. The molecule has 0 bridgehead atoms. The number of rotatable bonds is 6. The van der Waals surface area contributed by atoms with Gasteiger partial charge in [-0.25, -0.2) is 0 Å².